The summed E-state index contributed by atoms with van der Waals surface area (Å²) >= 11 is 3.46. The molecule has 0 spiro atoms. The molecule has 37 heavy (non-hydrogen) atoms. The normalized spacial score (nSPS) is 19.5. The Balaban J connectivity index is 0.000000229. The summed E-state index contributed by atoms with van der Waals surface area (Å²) in [6.07, 6.45) is 8.95. The van der Waals surface area contributed by atoms with Crippen LogP contribution in [-0.2, 0) is 31.1 Å². The van der Waals surface area contributed by atoms with Crippen LogP contribution in [0.5, 0.6) is 0 Å². The standard InChI is InChI=1S/C22H25.C10H12SSi.2ClH.Zr/c1-3-4-5-6-8-18-11-13-19(14-12-18)21-10-7-9-20-15-17(2)16-22(20)21;1-6-9-7-4-11-5-8(7)10(6)12(9,2)3;;;/h7,9-16H,3-6,8H2,1-2H3;4-5,9H,1-3H3;2*1H;/q;;;;+2/p-2. The molecule has 0 fully saturated rings. The van der Waals surface area contributed by atoms with Gasteiger partial charge in [-0.1, -0.05) is 37.2 Å². The van der Waals surface area contributed by atoms with Gasteiger partial charge in [0.05, 0.1) is 8.07 Å². The molecule has 3 aromatic rings. The molecule has 7 rings (SSSR count). The number of allylic oxidation sites excluding steroid dienone is 2. The van der Waals surface area contributed by atoms with Gasteiger partial charge < -0.3 is 24.8 Å². The van der Waals surface area contributed by atoms with Crippen molar-refractivity contribution in [1.82, 2.24) is 0 Å². The van der Waals surface area contributed by atoms with Gasteiger partial charge >= 0.3 is 143 Å². The number of hydrogen-bond donors (Lipinski definition) is 0. The third kappa shape index (κ3) is 5.64. The van der Waals surface area contributed by atoms with Crippen LogP contribution in [0.4, 0.5) is 0 Å². The zero-order valence-corrected chi connectivity index (χ0v) is 28.4. The van der Waals surface area contributed by atoms with Crippen molar-refractivity contribution in [1.29, 1.82) is 0 Å². The average molecular weight is 644 g/mol. The number of hydrogen-bond acceptors (Lipinski definition) is 1. The molecule has 0 saturated heterocycles. The third-order valence-electron chi connectivity index (χ3n) is 8.33. The van der Waals surface area contributed by atoms with E-state index in [1.807, 2.05) is 11.3 Å². The molecule has 1 aromatic heterocycles. The van der Waals surface area contributed by atoms with E-state index in [9.17, 15) is 0 Å². The number of thiophene rings is 1. The maximum atomic E-state index is 2.50. The predicted octanol–water partition coefficient (Wildman–Crippen LogP) is 3.91. The summed E-state index contributed by atoms with van der Waals surface area (Å²) in [4.78, 5) is 0. The molecule has 2 bridgehead atoms. The monoisotopic (exact) mass is 641 g/mol. The molecule has 2 atom stereocenters. The number of fused-ring (bicyclic) bond motifs is 1. The minimum Gasteiger partial charge on any atom is -1.00 e. The van der Waals surface area contributed by atoms with Gasteiger partial charge in [-0.3, -0.25) is 0 Å². The second-order valence-electron chi connectivity index (χ2n) is 11.1. The van der Waals surface area contributed by atoms with Gasteiger partial charge in [0.1, 0.15) is 0 Å². The van der Waals surface area contributed by atoms with E-state index < -0.39 is 8.07 Å². The van der Waals surface area contributed by atoms with Crippen molar-refractivity contribution in [2.75, 3.05) is 0 Å². The largest absolute Gasteiger partial charge is 1.00 e. The maximum Gasteiger partial charge on any atom is -1.00 e. The molecule has 2 aliphatic carbocycles. The Labute approximate surface area is 256 Å². The molecule has 3 heterocycles. The molecular formula is C32H37Cl2SSiZr. The van der Waals surface area contributed by atoms with Gasteiger partial charge in [0.15, 0.2) is 0 Å². The molecule has 0 amide bonds. The molecule has 0 N–H and O–H groups in total. The van der Waals surface area contributed by atoms with Gasteiger partial charge in [-0.05, 0) is 28.8 Å². The van der Waals surface area contributed by atoms with E-state index in [0.717, 1.165) is 5.54 Å². The number of aryl methyl sites for hydroxylation is 1. The van der Waals surface area contributed by atoms with Crippen LogP contribution < -0.4 is 24.8 Å². The Kier molecular flexibility index (Phi) is 10.5. The summed E-state index contributed by atoms with van der Waals surface area (Å²) < 4.78 is 0.648. The van der Waals surface area contributed by atoms with Gasteiger partial charge in [0, 0.05) is 5.54 Å². The van der Waals surface area contributed by atoms with E-state index in [1.54, 1.807) is 46.6 Å². The Morgan fingerprint density at radius 1 is 0.865 bits per heavy atom. The van der Waals surface area contributed by atoms with E-state index in [0.29, 0.717) is 3.63 Å². The predicted molar refractivity (Wildman–Crippen MR) is 153 cm³/mol. The average Bonchev–Trinajstić information content (AvgIpc) is 3.54. The van der Waals surface area contributed by atoms with Crippen LogP contribution in [0.3, 0.4) is 0 Å². The van der Waals surface area contributed by atoms with E-state index in [2.05, 4.69) is 93.2 Å². The van der Waals surface area contributed by atoms with E-state index >= 15 is 0 Å². The first-order chi connectivity index (χ1) is 16.8. The van der Waals surface area contributed by atoms with Crippen molar-refractivity contribution < 1.29 is 49.5 Å². The van der Waals surface area contributed by atoms with Crippen molar-refractivity contribution in [3.05, 3.63) is 92.2 Å². The van der Waals surface area contributed by atoms with Crippen molar-refractivity contribution in [3.8, 4) is 11.1 Å². The zero-order valence-electron chi connectivity index (χ0n) is 22.6. The number of rotatable bonds is 6. The Morgan fingerprint density at radius 2 is 1.59 bits per heavy atom. The Hall–Kier alpha value is -0.700. The summed E-state index contributed by atoms with van der Waals surface area (Å²) in [7, 11) is -0.976. The molecule has 4 aliphatic rings. The van der Waals surface area contributed by atoms with Crippen LogP contribution >= 0.6 is 11.3 Å². The van der Waals surface area contributed by atoms with Gasteiger partial charge in [-0.2, -0.15) is 11.3 Å². The fourth-order valence-electron chi connectivity index (χ4n) is 6.59. The Morgan fingerprint density at radius 3 is 2.24 bits per heavy atom. The first-order valence-corrected chi connectivity index (χ1v) is 18.7. The summed E-state index contributed by atoms with van der Waals surface area (Å²) in [6.45, 7) is 11.9. The van der Waals surface area contributed by atoms with Crippen molar-refractivity contribution in [2.24, 2.45) is 0 Å². The van der Waals surface area contributed by atoms with Crippen molar-refractivity contribution in [3.63, 3.8) is 0 Å². The Bertz CT molecular complexity index is 1300. The molecule has 5 heteroatoms. The van der Waals surface area contributed by atoms with Crippen LogP contribution in [0.15, 0.2) is 64.4 Å². The molecule has 0 radical (unpaired) electrons. The molecule has 0 saturated carbocycles. The van der Waals surface area contributed by atoms with Crippen LogP contribution in [0.25, 0.3) is 22.4 Å². The molecule has 193 valence electrons. The first kappa shape index (κ1) is 30.8. The smallest absolute Gasteiger partial charge is 1.00 e. The zero-order chi connectivity index (χ0) is 24.7. The fourth-order valence-corrected chi connectivity index (χ4v) is 12.9. The van der Waals surface area contributed by atoms with E-state index in [1.165, 1.54) is 65.5 Å². The first-order valence-electron chi connectivity index (χ1n) is 13.2. The molecule has 2 unspecified atom stereocenters. The minimum atomic E-state index is -0.976. The van der Waals surface area contributed by atoms with Gasteiger partial charge in [0.2, 0.25) is 0 Å². The third-order valence-corrected chi connectivity index (χ3v) is 15.1. The van der Waals surface area contributed by atoms with Crippen LogP contribution in [0.2, 0.25) is 13.1 Å². The second kappa shape index (κ2) is 12.6. The maximum absolute atomic E-state index is 2.50. The quantitative estimate of drug-likeness (QED) is 0.283. The minimum absolute atomic E-state index is 0. The summed E-state index contributed by atoms with van der Waals surface area (Å²) in [5.41, 5.74) is 14.5. The molecule has 2 aliphatic heterocycles. The van der Waals surface area contributed by atoms with Gasteiger partial charge in [-0.15, -0.1) is 0 Å². The van der Waals surface area contributed by atoms with Crippen molar-refractivity contribution in [2.45, 2.75) is 75.1 Å². The second-order valence-corrected chi connectivity index (χ2v) is 17.8. The fraction of sp³-hybridized carbons (Fsp3) is 0.375. The summed E-state index contributed by atoms with van der Waals surface area (Å²) in [5, 5.41) is 6.47. The summed E-state index contributed by atoms with van der Waals surface area (Å²) in [5.74, 6) is 0. The van der Waals surface area contributed by atoms with Crippen LogP contribution in [0, 0.1) is 0 Å². The summed E-state index contributed by atoms with van der Waals surface area (Å²) in [6, 6.07) is 16.0. The number of benzene rings is 2. The molecule has 0 nitrogen and oxygen atoms in total. The molecular weight excluding hydrogens is 607 g/mol. The van der Waals surface area contributed by atoms with Crippen LogP contribution in [0.1, 0.15) is 83.4 Å². The van der Waals surface area contributed by atoms with Gasteiger partial charge in [-0.25, -0.2) is 0 Å². The number of unbranched alkanes of at least 4 members (excludes halogenated alkanes) is 3. The van der Waals surface area contributed by atoms with Gasteiger partial charge in [0.25, 0.3) is 0 Å². The topological polar surface area (TPSA) is 0 Å². The number of halogens is 2. The van der Waals surface area contributed by atoms with Crippen LogP contribution in [-0.4, -0.2) is 8.07 Å². The van der Waals surface area contributed by atoms with E-state index in [-0.39, 0.29) is 24.8 Å². The van der Waals surface area contributed by atoms with Crippen molar-refractivity contribution >= 4 is 30.7 Å². The molecule has 2 aromatic carbocycles. The SMILES string of the molecule is CC1=C2c3cscc3C1[Si]2(C)C.CCCCCCc1ccc(-c2cccc3c2C=C(C)[CH]3[Zr+2])cc1.[Cl-].[Cl-]. The van der Waals surface area contributed by atoms with E-state index in [4.69, 9.17) is 0 Å².